The first-order chi connectivity index (χ1) is 8.16. The number of aliphatic imine (C=N–C) groups is 1. The van der Waals surface area contributed by atoms with Crippen LogP contribution in [0.2, 0.25) is 15.1 Å². The van der Waals surface area contributed by atoms with Crippen molar-refractivity contribution in [1.29, 1.82) is 0 Å². The van der Waals surface area contributed by atoms with Crippen LogP contribution in [-0.2, 0) is 0 Å². The van der Waals surface area contributed by atoms with Crippen LogP contribution in [0, 0.1) is 0 Å². The SMILES string of the molecule is Clc1cc(Cl)c(NC2=NCCCCC2)c(Cl)c1. The number of hydrogen-bond acceptors (Lipinski definition) is 2. The van der Waals surface area contributed by atoms with Gasteiger partial charge in [-0.15, -0.1) is 0 Å². The van der Waals surface area contributed by atoms with Gasteiger partial charge in [0, 0.05) is 18.0 Å². The molecule has 0 saturated heterocycles. The molecule has 0 atom stereocenters. The first-order valence-corrected chi connectivity index (χ1v) is 6.75. The molecule has 2 nitrogen and oxygen atoms in total. The van der Waals surface area contributed by atoms with Crippen LogP contribution in [0.5, 0.6) is 0 Å². The van der Waals surface area contributed by atoms with Crippen LogP contribution in [0.3, 0.4) is 0 Å². The van der Waals surface area contributed by atoms with Crippen molar-refractivity contribution >= 4 is 46.3 Å². The molecule has 1 N–H and O–H groups in total. The van der Waals surface area contributed by atoms with Crippen LogP contribution in [0.4, 0.5) is 5.69 Å². The molecule has 1 aromatic carbocycles. The van der Waals surface area contributed by atoms with E-state index in [2.05, 4.69) is 10.3 Å². The summed E-state index contributed by atoms with van der Waals surface area (Å²) in [4.78, 5) is 4.48. The van der Waals surface area contributed by atoms with Gasteiger partial charge in [0.2, 0.25) is 0 Å². The summed E-state index contributed by atoms with van der Waals surface area (Å²) in [5, 5.41) is 4.79. The van der Waals surface area contributed by atoms with Gasteiger partial charge in [-0.05, 0) is 25.0 Å². The van der Waals surface area contributed by atoms with Gasteiger partial charge < -0.3 is 5.32 Å². The zero-order chi connectivity index (χ0) is 12.3. The molecule has 0 bridgehead atoms. The van der Waals surface area contributed by atoms with E-state index in [1.54, 1.807) is 12.1 Å². The molecule has 2 rings (SSSR count). The van der Waals surface area contributed by atoms with Gasteiger partial charge in [0.15, 0.2) is 0 Å². The Kier molecular flexibility index (Phi) is 4.55. The van der Waals surface area contributed by atoms with Crippen molar-refractivity contribution in [3.8, 4) is 0 Å². The highest BCUT2D eigenvalue weighted by Gasteiger charge is 2.11. The Morgan fingerprint density at radius 1 is 1.00 bits per heavy atom. The topological polar surface area (TPSA) is 24.4 Å². The normalized spacial score (nSPS) is 16.3. The highest BCUT2D eigenvalue weighted by Crippen LogP contribution is 2.34. The molecule has 0 unspecified atom stereocenters. The maximum absolute atomic E-state index is 6.11. The number of nitrogens with zero attached hydrogens (tertiary/aromatic N) is 1. The van der Waals surface area contributed by atoms with E-state index >= 15 is 0 Å². The Morgan fingerprint density at radius 2 is 1.71 bits per heavy atom. The van der Waals surface area contributed by atoms with Gasteiger partial charge in [0.25, 0.3) is 0 Å². The van der Waals surface area contributed by atoms with Crippen molar-refractivity contribution in [1.82, 2.24) is 0 Å². The molecule has 1 heterocycles. The van der Waals surface area contributed by atoms with E-state index in [1.165, 1.54) is 6.42 Å². The van der Waals surface area contributed by atoms with Crippen molar-refractivity contribution in [2.24, 2.45) is 4.99 Å². The molecule has 1 aliphatic heterocycles. The number of nitrogens with one attached hydrogen (secondary N) is 1. The lowest BCUT2D eigenvalue weighted by molar-refractivity contribution is 0.731. The van der Waals surface area contributed by atoms with E-state index in [0.29, 0.717) is 20.8 Å². The van der Waals surface area contributed by atoms with Gasteiger partial charge in [-0.25, -0.2) is 0 Å². The number of amidine groups is 1. The van der Waals surface area contributed by atoms with E-state index in [0.717, 1.165) is 31.6 Å². The van der Waals surface area contributed by atoms with Crippen LogP contribution >= 0.6 is 34.8 Å². The van der Waals surface area contributed by atoms with E-state index < -0.39 is 0 Å². The zero-order valence-corrected chi connectivity index (χ0v) is 11.5. The molecule has 0 spiro atoms. The third-order valence-corrected chi connectivity index (χ3v) is 3.46. The Morgan fingerprint density at radius 3 is 2.41 bits per heavy atom. The van der Waals surface area contributed by atoms with Gasteiger partial charge in [-0.2, -0.15) is 0 Å². The van der Waals surface area contributed by atoms with Crippen molar-refractivity contribution in [2.75, 3.05) is 11.9 Å². The summed E-state index contributed by atoms with van der Waals surface area (Å²) in [7, 11) is 0. The number of anilines is 1. The van der Waals surface area contributed by atoms with Crippen molar-refractivity contribution in [2.45, 2.75) is 25.7 Å². The van der Waals surface area contributed by atoms with Gasteiger partial charge in [-0.1, -0.05) is 41.2 Å². The summed E-state index contributed by atoms with van der Waals surface area (Å²) >= 11 is 18.1. The van der Waals surface area contributed by atoms with Gasteiger partial charge >= 0.3 is 0 Å². The van der Waals surface area contributed by atoms with E-state index in [9.17, 15) is 0 Å². The fourth-order valence-corrected chi connectivity index (χ4v) is 2.69. The molecule has 1 aromatic rings. The van der Waals surface area contributed by atoms with E-state index in [4.69, 9.17) is 34.8 Å². The summed E-state index contributed by atoms with van der Waals surface area (Å²) in [6.07, 6.45) is 4.45. The molecule has 0 aliphatic carbocycles. The Balaban J connectivity index is 2.20. The lowest BCUT2D eigenvalue weighted by atomic mass is 10.2. The minimum Gasteiger partial charge on any atom is -0.342 e. The van der Waals surface area contributed by atoms with E-state index in [1.807, 2.05) is 0 Å². The highest BCUT2D eigenvalue weighted by atomic mass is 35.5. The molecule has 0 amide bonds. The van der Waals surface area contributed by atoms with Gasteiger partial charge in [0.05, 0.1) is 15.7 Å². The smallest absolute Gasteiger partial charge is 0.101 e. The Bertz CT molecular complexity index is 420. The molecule has 0 aromatic heterocycles. The molecule has 92 valence electrons. The van der Waals surface area contributed by atoms with Gasteiger partial charge in [0.1, 0.15) is 5.84 Å². The monoisotopic (exact) mass is 290 g/mol. The molecule has 1 aliphatic rings. The summed E-state index contributed by atoms with van der Waals surface area (Å²) in [5.41, 5.74) is 0.693. The number of rotatable bonds is 1. The van der Waals surface area contributed by atoms with Crippen LogP contribution in [0.25, 0.3) is 0 Å². The predicted molar refractivity (Wildman–Crippen MR) is 75.9 cm³/mol. The zero-order valence-electron chi connectivity index (χ0n) is 9.27. The minimum atomic E-state index is 0.523. The maximum atomic E-state index is 6.11. The van der Waals surface area contributed by atoms with Gasteiger partial charge in [-0.3, -0.25) is 4.99 Å². The largest absolute Gasteiger partial charge is 0.342 e. The molecular formula is C12H13Cl3N2. The van der Waals surface area contributed by atoms with E-state index in [-0.39, 0.29) is 0 Å². The summed E-state index contributed by atoms with van der Waals surface area (Å²) in [6, 6.07) is 3.35. The first kappa shape index (κ1) is 13.0. The van der Waals surface area contributed by atoms with Crippen molar-refractivity contribution in [3.63, 3.8) is 0 Å². The quantitative estimate of drug-likeness (QED) is 0.771. The lowest BCUT2D eigenvalue weighted by Gasteiger charge is -2.12. The lowest BCUT2D eigenvalue weighted by Crippen LogP contribution is -2.12. The average Bonchev–Trinajstić information content (AvgIpc) is 2.51. The van der Waals surface area contributed by atoms with Crippen LogP contribution in [-0.4, -0.2) is 12.4 Å². The third-order valence-electron chi connectivity index (χ3n) is 2.65. The molecular weight excluding hydrogens is 279 g/mol. The molecule has 0 radical (unpaired) electrons. The Labute approximate surface area is 116 Å². The second-order valence-electron chi connectivity index (χ2n) is 4.01. The van der Waals surface area contributed by atoms with Crippen molar-refractivity contribution < 1.29 is 0 Å². The fraction of sp³-hybridized carbons (Fsp3) is 0.417. The molecule has 0 fully saturated rings. The fourth-order valence-electron chi connectivity index (χ4n) is 1.78. The number of hydrogen-bond donors (Lipinski definition) is 1. The van der Waals surface area contributed by atoms with Crippen LogP contribution in [0.15, 0.2) is 17.1 Å². The predicted octanol–water partition coefficient (Wildman–Crippen LogP) is 5.03. The molecule has 0 saturated carbocycles. The first-order valence-electron chi connectivity index (χ1n) is 5.62. The number of halogens is 3. The molecule has 5 heteroatoms. The summed E-state index contributed by atoms with van der Waals surface area (Å²) < 4.78 is 0. The third kappa shape index (κ3) is 3.51. The standard InChI is InChI=1S/C12H13Cl3N2/c13-8-6-9(14)12(10(15)7-8)17-11-4-2-1-3-5-16-11/h6-7H,1-5H2,(H,16,17). The highest BCUT2D eigenvalue weighted by molar-refractivity contribution is 6.42. The second-order valence-corrected chi connectivity index (χ2v) is 5.26. The summed E-state index contributed by atoms with van der Waals surface area (Å²) in [5.74, 6) is 0.952. The van der Waals surface area contributed by atoms with Crippen LogP contribution in [0.1, 0.15) is 25.7 Å². The summed E-state index contributed by atoms with van der Waals surface area (Å²) in [6.45, 7) is 0.866. The van der Waals surface area contributed by atoms with Crippen LogP contribution < -0.4 is 5.32 Å². The maximum Gasteiger partial charge on any atom is 0.101 e. The minimum absolute atomic E-state index is 0.523. The van der Waals surface area contributed by atoms with Crippen molar-refractivity contribution in [3.05, 3.63) is 27.2 Å². The molecule has 17 heavy (non-hydrogen) atoms. The second kappa shape index (κ2) is 5.94. The number of benzene rings is 1. The average molecular weight is 292 g/mol. The Hall–Kier alpha value is -0.440.